The van der Waals surface area contributed by atoms with Crippen molar-refractivity contribution in [3.63, 3.8) is 0 Å². The third-order valence-electron chi connectivity index (χ3n) is 4.12. The number of hydrogen-bond donors (Lipinski definition) is 4. The molecule has 2 aromatic rings. The van der Waals surface area contributed by atoms with Crippen LogP contribution in [0.15, 0.2) is 42.5 Å². The number of benzene rings is 2. The van der Waals surface area contributed by atoms with E-state index in [1.54, 1.807) is 31.2 Å². The first-order chi connectivity index (χ1) is 14.9. The summed E-state index contributed by atoms with van der Waals surface area (Å²) in [6, 6.07) is 12.3. The van der Waals surface area contributed by atoms with Crippen LogP contribution < -0.4 is 26.2 Å². The van der Waals surface area contributed by atoms with Crippen LogP contribution in [0.4, 0.5) is 16.2 Å². The van der Waals surface area contributed by atoms with Crippen LogP contribution in [-0.2, 0) is 14.3 Å². The van der Waals surface area contributed by atoms with Gasteiger partial charge >= 0.3 is 17.9 Å². The number of carbonyl (C=O) groups is 3. The average Bonchev–Trinajstić information content (AvgIpc) is 2.74. The van der Waals surface area contributed by atoms with Crippen LogP contribution in [0.3, 0.4) is 0 Å². The minimum absolute atomic E-state index is 0.119. The van der Waals surface area contributed by atoms with E-state index in [0.29, 0.717) is 30.9 Å². The molecule has 2 rings (SSSR count). The van der Waals surface area contributed by atoms with Crippen LogP contribution in [0.1, 0.15) is 24.5 Å². The Morgan fingerprint density at radius 1 is 0.968 bits per heavy atom. The lowest BCUT2D eigenvalue weighted by molar-refractivity contribution is -0.154. The molecular formula is C22H28N4O5. The number of esters is 1. The van der Waals surface area contributed by atoms with E-state index in [-0.39, 0.29) is 12.6 Å². The number of urea groups is 1. The Morgan fingerprint density at radius 2 is 1.68 bits per heavy atom. The van der Waals surface area contributed by atoms with Gasteiger partial charge in [0.1, 0.15) is 5.75 Å². The second-order valence-corrected chi connectivity index (χ2v) is 6.73. The molecule has 0 unspecified atom stereocenters. The predicted molar refractivity (Wildman–Crippen MR) is 118 cm³/mol. The number of amides is 3. The van der Waals surface area contributed by atoms with Crippen LogP contribution in [0.5, 0.6) is 5.75 Å². The standard InChI is InChI=1S/C22H28N4O5/c1-4-30-21(28)20(27)26-25-18-9-7-17(8-10-18)24-22(29)23-12-5-13-31-19-11-6-15(2)14-16(19)3/h6-11,14,25H,4-5,12-13H2,1-3H3,(H,26,27)(H2,23,24,29). The maximum Gasteiger partial charge on any atom is 0.398 e. The summed E-state index contributed by atoms with van der Waals surface area (Å²) in [5.74, 6) is -1.02. The van der Waals surface area contributed by atoms with Crippen molar-refractivity contribution < 1.29 is 23.9 Å². The first-order valence-electron chi connectivity index (χ1n) is 9.97. The fraction of sp³-hybridized carbons (Fsp3) is 0.318. The topological polar surface area (TPSA) is 118 Å². The Bertz CT molecular complexity index is 899. The smallest absolute Gasteiger partial charge is 0.398 e. The number of hydrogen-bond acceptors (Lipinski definition) is 6. The maximum atomic E-state index is 12.0. The largest absolute Gasteiger partial charge is 0.493 e. The van der Waals surface area contributed by atoms with E-state index in [9.17, 15) is 14.4 Å². The molecule has 31 heavy (non-hydrogen) atoms. The molecule has 0 atom stereocenters. The Hall–Kier alpha value is -3.75. The first-order valence-corrected chi connectivity index (χ1v) is 9.97. The molecule has 3 amide bonds. The zero-order valence-corrected chi connectivity index (χ0v) is 17.9. The quantitative estimate of drug-likeness (QED) is 0.211. The van der Waals surface area contributed by atoms with Gasteiger partial charge in [0.2, 0.25) is 0 Å². The molecule has 0 spiro atoms. The van der Waals surface area contributed by atoms with Gasteiger partial charge in [-0.2, -0.15) is 0 Å². The minimum atomic E-state index is -0.968. The number of hydrazine groups is 1. The zero-order valence-electron chi connectivity index (χ0n) is 17.9. The molecule has 166 valence electrons. The minimum Gasteiger partial charge on any atom is -0.493 e. The van der Waals surface area contributed by atoms with E-state index in [2.05, 4.69) is 32.3 Å². The molecule has 4 N–H and O–H groups in total. The summed E-state index contributed by atoms with van der Waals surface area (Å²) in [5, 5.41) is 5.48. The number of ether oxygens (including phenoxy) is 2. The highest BCUT2D eigenvalue weighted by Crippen LogP contribution is 2.18. The molecule has 0 radical (unpaired) electrons. The van der Waals surface area contributed by atoms with Crippen LogP contribution in [0.25, 0.3) is 0 Å². The average molecular weight is 428 g/mol. The molecule has 9 nitrogen and oxygen atoms in total. The molecule has 0 heterocycles. The molecule has 0 saturated heterocycles. The summed E-state index contributed by atoms with van der Waals surface area (Å²) in [4.78, 5) is 34.7. The van der Waals surface area contributed by atoms with Crippen LogP contribution in [0.2, 0.25) is 0 Å². The summed E-state index contributed by atoms with van der Waals surface area (Å²) < 4.78 is 10.3. The Kier molecular flexibility index (Phi) is 9.15. The van der Waals surface area contributed by atoms with Crippen molar-refractivity contribution in [1.29, 1.82) is 0 Å². The molecule has 0 aromatic heterocycles. The molecule has 0 aliphatic carbocycles. The summed E-state index contributed by atoms with van der Waals surface area (Å²) in [6.45, 7) is 6.74. The van der Waals surface area contributed by atoms with Gasteiger partial charge in [-0.1, -0.05) is 17.7 Å². The van der Waals surface area contributed by atoms with E-state index < -0.39 is 11.9 Å². The van der Waals surface area contributed by atoms with Gasteiger partial charge in [-0.05, 0) is 63.1 Å². The highest BCUT2D eigenvalue weighted by atomic mass is 16.5. The second kappa shape index (κ2) is 12.1. The molecule has 2 aromatic carbocycles. The van der Waals surface area contributed by atoms with Gasteiger partial charge in [0.25, 0.3) is 0 Å². The van der Waals surface area contributed by atoms with E-state index in [0.717, 1.165) is 11.3 Å². The Morgan fingerprint density at radius 3 is 2.35 bits per heavy atom. The van der Waals surface area contributed by atoms with Gasteiger partial charge in [0.15, 0.2) is 0 Å². The monoisotopic (exact) mass is 428 g/mol. The van der Waals surface area contributed by atoms with Gasteiger partial charge < -0.3 is 20.1 Å². The van der Waals surface area contributed by atoms with Crippen molar-refractivity contribution in [2.24, 2.45) is 0 Å². The van der Waals surface area contributed by atoms with Gasteiger partial charge in [-0.3, -0.25) is 15.6 Å². The molecule has 0 aliphatic heterocycles. The lowest BCUT2D eigenvalue weighted by Gasteiger charge is -2.11. The number of nitrogens with one attached hydrogen (secondary N) is 4. The van der Waals surface area contributed by atoms with Crippen molar-refractivity contribution in [2.45, 2.75) is 27.2 Å². The Balaban J connectivity index is 1.65. The van der Waals surface area contributed by atoms with Gasteiger partial charge in [-0.15, -0.1) is 0 Å². The summed E-state index contributed by atoms with van der Waals surface area (Å²) in [6.07, 6.45) is 0.670. The third kappa shape index (κ3) is 8.25. The number of anilines is 2. The van der Waals surface area contributed by atoms with Gasteiger partial charge in [0, 0.05) is 12.2 Å². The Labute approximate surface area is 181 Å². The van der Waals surface area contributed by atoms with Crippen molar-refractivity contribution >= 4 is 29.3 Å². The molecule has 0 fully saturated rings. The first kappa shape index (κ1) is 23.5. The summed E-state index contributed by atoms with van der Waals surface area (Å²) >= 11 is 0. The van der Waals surface area contributed by atoms with Crippen molar-refractivity contribution in [2.75, 3.05) is 30.5 Å². The van der Waals surface area contributed by atoms with Crippen molar-refractivity contribution in [1.82, 2.24) is 10.7 Å². The van der Waals surface area contributed by atoms with Gasteiger partial charge in [0.05, 0.1) is 18.9 Å². The number of aryl methyl sites for hydroxylation is 2. The fourth-order valence-electron chi connectivity index (χ4n) is 2.61. The van der Waals surface area contributed by atoms with Crippen LogP contribution >= 0.6 is 0 Å². The van der Waals surface area contributed by atoms with E-state index >= 15 is 0 Å². The molecule has 9 heteroatoms. The highest BCUT2D eigenvalue weighted by molar-refractivity contribution is 6.32. The van der Waals surface area contributed by atoms with Crippen LogP contribution in [-0.4, -0.2) is 37.7 Å². The maximum absolute atomic E-state index is 12.0. The summed E-state index contributed by atoms with van der Waals surface area (Å²) in [5.41, 5.74) is 8.20. The third-order valence-corrected chi connectivity index (χ3v) is 4.12. The zero-order chi connectivity index (χ0) is 22.6. The van der Waals surface area contributed by atoms with Crippen molar-refractivity contribution in [3.05, 3.63) is 53.6 Å². The van der Waals surface area contributed by atoms with Crippen LogP contribution in [0, 0.1) is 13.8 Å². The molecular weight excluding hydrogens is 400 g/mol. The predicted octanol–water partition coefficient (Wildman–Crippen LogP) is 2.90. The lowest BCUT2D eigenvalue weighted by atomic mass is 10.1. The summed E-state index contributed by atoms with van der Waals surface area (Å²) in [7, 11) is 0. The SMILES string of the molecule is CCOC(=O)C(=O)NNc1ccc(NC(=O)NCCCOc2ccc(C)cc2C)cc1. The second-order valence-electron chi connectivity index (χ2n) is 6.73. The van der Waals surface area contributed by atoms with E-state index in [4.69, 9.17) is 4.74 Å². The van der Waals surface area contributed by atoms with Gasteiger partial charge in [-0.25, -0.2) is 9.59 Å². The highest BCUT2D eigenvalue weighted by Gasteiger charge is 2.13. The van der Waals surface area contributed by atoms with E-state index in [1.807, 2.05) is 26.0 Å². The fourth-order valence-corrected chi connectivity index (χ4v) is 2.61. The lowest BCUT2D eigenvalue weighted by Crippen LogP contribution is -2.36. The number of carbonyl (C=O) groups excluding carboxylic acids is 3. The normalized spacial score (nSPS) is 10.0. The molecule has 0 aliphatic rings. The number of rotatable bonds is 9. The molecule has 0 bridgehead atoms. The molecule has 0 saturated carbocycles. The van der Waals surface area contributed by atoms with E-state index in [1.165, 1.54) is 5.56 Å². The van der Waals surface area contributed by atoms with Crippen molar-refractivity contribution in [3.8, 4) is 5.75 Å².